The first kappa shape index (κ1) is 23.5. The summed E-state index contributed by atoms with van der Waals surface area (Å²) in [5.41, 5.74) is 1.54. The molecule has 2 saturated heterocycles. The van der Waals surface area contributed by atoms with Gasteiger partial charge in [0.05, 0.1) is 0 Å². The molecule has 4 nitrogen and oxygen atoms in total. The van der Waals surface area contributed by atoms with Crippen LogP contribution >= 0.6 is 0 Å². The second-order valence-electron chi connectivity index (χ2n) is 9.30. The van der Waals surface area contributed by atoms with Crippen molar-refractivity contribution in [3.05, 3.63) is 12.7 Å². The summed E-state index contributed by atoms with van der Waals surface area (Å²) < 4.78 is 26.6. The summed E-state index contributed by atoms with van der Waals surface area (Å²) >= 11 is 3.14. The van der Waals surface area contributed by atoms with Crippen molar-refractivity contribution in [1.82, 2.24) is 0 Å². The first-order valence-corrected chi connectivity index (χ1v) is 13.0. The van der Waals surface area contributed by atoms with E-state index in [1.807, 2.05) is 19.9 Å². The predicted octanol–water partition coefficient (Wildman–Crippen LogP) is 4.97. The fourth-order valence-corrected chi connectivity index (χ4v) is 11.1. The van der Waals surface area contributed by atoms with Crippen molar-refractivity contribution in [2.45, 2.75) is 103 Å². The zero-order valence-electron chi connectivity index (χ0n) is 18.3. The van der Waals surface area contributed by atoms with E-state index < -0.39 is 14.1 Å². The third-order valence-corrected chi connectivity index (χ3v) is 12.9. The summed E-state index contributed by atoms with van der Waals surface area (Å²) in [5, 5.41) is 0. The number of ether oxygens (including phenoxy) is 3. The molecule has 2 rings (SSSR count). The van der Waals surface area contributed by atoms with Crippen LogP contribution in [0.2, 0.25) is 16.6 Å². The van der Waals surface area contributed by atoms with Crippen LogP contribution in [0.1, 0.15) is 61.8 Å². The van der Waals surface area contributed by atoms with Crippen LogP contribution in [-0.2, 0) is 34.5 Å². The minimum atomic E-state index is -2.08. The van der Waals surface area contributed by atoms with Crippen molar-refractivity contribution < 1.29 is 34.5 Å². The molecule has 156 valence electrons. The predicted molar refractivity (Wildman–Crippen MR) is 109 cm³/mol. The van der Waals surface area contributed by atoms with Crippen molar-refractivity contribution >= 4 is 12.9 Å². The molecular formula is C21H38CrO4Si. The van der Waals surface area contributed by atoms with Crippen molar-refractivity contribution in [2.24, 2.45) is 5.92 Å². The molecule has 4 atom stereocenters. The summed E-state index contributed by atoms with van der Waals surface area (Å²) in [4.78, 5) is 0. The molecule has 0 aliphatic carbocycles. The Balaban J connectivity index is 2.47. The molecule has 2 fully saturated rings. The Bertz CT molecular complexity index is 525. The van der Waals surface area contributed by atoms with Crippen LogP contribution < -0.4 is 0 Å². The van der Waals surface area contributed by atoms with Gasteiger partial charge in [-0.05, 0) is 0 Å². The topological polar surface area (TPSA) is 36.9 Å². The van der Waals surface area contributed by atoms with E-state index in [9.17, 15) is 0 Å². The normalized spacial score (nSPS) is 31.4. The molecule has 0 aromatic heterocycles. The van der Waals surface area contributed by atoms with Crippen LogP contribution in [0.3, 0.4) is 0 Å². The van der Waals surface area contributed by atoms with Gasteiger partial charge in [-0.2, -0.15) is 0 Å². The number of hydrogen-bond donors (Lipinski definition) is 0. The van der Waals surface area contributed by atoms with Crippen molar-refractivity contribution in [3.63, 3.8) is 0 Å². The molecule has 2 aliphatic rings. The van der Waals surface area contributed by atoms with Crippen LogP contribution in [0.25, 0.3) is 0 Å². The summed E-state index contributed by atoms with van der Waals surface area (Å²) in [7, 11) is -2.08. The van der Waals surface area contributed by atoms with Gasteiger partial charge in [0.25, 0.3) is 0 Å². The molecule has 0 bridgehead atoms. The average Bonchev–Trinajstić information content (AvgIpc) is 2.54. The van der Waals surface area contributed by atoms with Crippen molar-refractivity contribution in [1.29, 1.82) is 0 Å². The first-order valence-electron chi connectivity index (χ1n) is 10.3. The number of allylic oxidation sites excluding steroid dienone is 1. The first-order chi connectivity index (χ1) is 12.5. The van der Waals surface area contributed by atoms with Gasteiger partial charge in [0.1, 0.15) is 0 Å². The van der Waals surface area contributed by atoms with Gasteiger partial charge in [-0.25, -0.2) is 0 Å². The Morgan fingerprint density at radius 1 is 1.19 bits per heavy atom. The SMILES string of the molecule is C=CC[C@H]1[C](=[Cr])O[C@@H]2COC(C)(C)O[C@H]2[C@@H]1O[Si](C(C)C)(C(C)C)C(C)C. The maximum atomic E-state index is 7.25. The molecule has 0 aromatic rings. The van der Waals surface area contributed by atoms with Crippen molar-refractivity contribution in [2.75, 3.05) is 6.61 Å². The van der Waals surface area contributed by atoms with Gasteiger partial charge >= 0.3 is 175 Å². The van der Waals surface area contributed by atoms with Gasteiger partial charge in [0, 0.05) is 0 Å². The molecule has 0 saturated carbocycles. The standard InChI is InChI=1S/C21H38O4Si.Cr/c1-10-11-17-12-22-18-13-23-21(8,9)24-20(18)19(17)25-26(14(2)3,15(4)5)16(6)7;/h10,14-20H,1,11,13H2,2-9H3;/t17-,18+,19+,20+;/m0./s1. The maximum absolute atomic E-state index is 7.25. The Morgan fingerprint density at radius 2 is 1.74 bits per heavy atom. The second kappa shape index (κ2) is 8.91. The van der Waals surface area contributed by atoms with E-state index >= 15 is 0 Å². The molecule has 0 spiro atoms. The molecular weight excluding hydrogens is 396 g/mol. The number of fused-ring (bicyclic) bond motifs is 1. The molecule has 27 heavy (non-hydrogen) atoms. The molecule has 2 aliphatic heterocycles. The van der Waals surface area contributed by atoms with E-state index in [4.69, 9.17) is 18.6 Å². The summed E-state index contributed by atoms with van der Waals surface area (Å²) in [5.74, 6) is -0.516. The van der Waals surface area contributed by atoms with Crippen molar-refractivity contribution in [3.8, 4) is 0 Å². The van der Waals surface area contributed by atoms with E-state index in [1.165, 1.54) is 0 Å². The molecule has 6 heteroatoms. The molecule has 0 amide bonds. The van der Waals surface area contributed by atoms with Gasteiger partial charge in [0.15, 0.2) is 0 Å². The minimum absolute atomic E-state index is 0.0555. The van der Waals surface area contributed by atoms with Gasteiger partial charge in [-0.15, -0.1) is 0 Å². The van der Waals surface area contributed by atoms with Gasteiger partial charge in [-0.3, -0.25) is 0 Å². The Hall–Kier alpha value is 0.199. The van der Waals surface area contributed by atoms with E-state index in [2.05, 4.69) is 64.0 Å². The van der Waals surface area contributed by atoms with Crippen LogP contribution in [0.4, 0.5) is 0 Å². The van der Waals surface area contributed by atoms with Crippen LogP contribution in [0, 0.1) is 5.92 Å². The Labute approximate surface area is 175 Å². The average molecular weight is 435 g/mol. The van der Waals surface area contributed by atoms with E-state index in [0.29, 0.717) is 23.2 Å². The Kier molecular flexibility index (Phi) is 7.75. The zero-order chi connectivity index (χ0) is 20.6. The van der Waals surface area contributed by atoms with Crippen LogP contribution in [0.5, 0.6) is 0 Å². The van der Waals surface area contributed by atoms with Gasteiger partial charge in [0.2, 0.25) is 0 Å². The molecule has 0 aromatic carbocycles. The Morgan fingerprint density at radius 3 is 2.22 bits per heavy atom. The third-order valence-electron chi connectivity index (χ3n) is 6.14. The molecule has 2 heterocycles. The summed E-state index contributed by atoms with van der Waals surface area (Å²) in [6.07, 6.45) is 2.42. The van der Waals surface area contributed by atoms with Crippen LogP contribution in [0.15, 0.2) is 12.7 Å². The second-order valence-corrected chi connectivity index (χ2v) is 15.3. The zero-order valence-corrected chi connectivity index (χ0v) is 20.6. The summed E-state index contributed by atoms with van der Waals surface area (Å²) in [6, 6.07) is 0. The van der Waals surface area contributed by atoms with Gasteiger partial charge < -0.3 is 0 Å². The number of rotatable bonds is 7. The molecule has 0 radical (unpaired) electrons. The monoisotopic (exact) mass is 434 g/mol. The van der Waals surface area contributed by atoms with E-state index in [1.54, 1.807) is 0 Å². The van der Waals surface area contributed by atoms with E-state index in [0.717, 1.165) is 11.0 Å². The fourth-order valence-electron chi connectivity index (χ4n) is 5.00. The quantitative estimate of drug-likeness (QED) is 0.419. The van der Waals surface area contributed by atoms with Crippen LogP contribution in [-0.4, -0.2) is 43.6 Å². The van der Waals surface area contributed by atoms with E-state index in [-0.39, 0.29) is 24.2 Å². The van der Waals surface area contributed by atoms with Gasteiger partial charge in [-0.1, -0.05) is 0 Å². The molecule has 0 unspecified atom stereocenters. The summed E-state index contributed by atoms with van der Waals surface area (Å²) in [6.45, 7) is 22.4. The third kappa shape index (κ3) is 4.69. The number of hydrogen-bond acceptors (Lipinski definition) is 4. The molecule has 0 N–H and O–H groups in total. The fraction of sp³-hybridized carbons (Fsp3) is 0.857.